The van der Waals surface area contributed by atoms with Crippen molar-refractivity contribution in [3.05, 3.63) is 28.5 Å². The smallest absolute Gasteiger partial charge is 0.0542 e. The van der Waals surface area contributed by atoms with Crippen LogP contribution < -0.4 is 5.32 Å². The van der Waals surface area contributed by atoms with Crippen LogP contribution in [0.25, 0.3) is 0 Å². The zero-order valence-corrected chi connectivity index (χ0v) is 10.8. The standard InChI is InChI=1S/C12H17BrN2O/c13-9-1-2-11(14-7-9)8-15-10-3-5-12(16)6-4-10/h1-2,7,10,12,15-16H,3-6,8H2. The molecule has 2 N–H and O–H groups in total. The minimum absolute atomic E-state index is 0.0798. The van der Waals surface area contributed by atoms with E-state index in [1.54, 1.807) is 0 Å². The summed E-state index contributed by atoms with van der Waals surface area (Å²) in [7, 11) is 0. The molecule has 0 atom stereocenters. The molecule has 16 heavy (non-hydrogen) atoms. The Morgan fingerprint density at radius 1 is 1.31 bits per heavy atom. The minimum atomic E-state index is -0.0798. The lowest BCUT2D eigenvalue weighted by Gasteiger charge is -2.26. The molecule has 0 unspecified atom stereocenters. The van der Waals surface area contributed by atoms with Crippen LogP contribution in [0.3, 0.4) is 0 Å². The molecule has 88 valence electrons. The molecule has 1 fully saturated rings. The summed E-state index contributed by atoms with van der Waals surface area (Å²) in [5, 5.41) is 12.9. The van der Waals surface area contributed by atoms with Crippen LogP contribution in [-0.2, 0) is 6.54 Å². The number of hydrogen-bond donors (Lipinski definition) is 2. The second-order valence-corrected chi connectivity index (χ2v) is 5.27. The van der Waals surface area contributed by atoms with E-state index in [4.69, 9.17) is 0 Å². The van der Waals surface area contributed by atoms with Crippen molar-refractivity contribution in [3.8, 4) is 0 Å². The molecule has 1 aliphatic carbocycles. The van der Waals surface area contributed by atoms with Crippen molar-refractivity contribution in [1.29, 1.82) is 0 Å². The molecule has 0 aliphatic heterocycles. The van der Waals surface area contributed by atoms with Gasteiger partial charge in [0.2, 0.25) is 0 Å². The minimum Gasteiger partial charge on any atom is -0.393 e. The van der Waals surface area contributed by atoms with Crippen molar-refractivity contribution in [1.82, 2.24) is 10.3 Å². The van der Waals surface area contributed by atoms with Gasteiger partial charge < -0.3 is 10.4 Å². The first kappa shape index (κ1) is 12.0. The number of aliphatic hydroxyl groups excluding tert-OH is 1. The van der Waals surface area contributed by atoms with Crippen LogP contribution in [-0.4, -0.2) is 22.2 Å². The molecular formula is C12H17BrN2O. The lowest BCUT2D eigenvalue weighted by Crippen LogP contribution is -2.34. The van der Waals surface area contributed by atoms with Crippen molar-refractivity contribution >= 4 is 15.9 Å². The van der Waals surface area contributed by atoms with Crippen molar-refractivity contribution < 1.29 is 5.11 Å². The maximum atomic E-state index is 9.40. The molecule has 1 aromatic rings. The van der Waals surface area contributed by atoms with Gasteiger partial charge in [0.25, 0.3) is 0 Å². The largest absolute Gasteiger partial charge is 0.393 e. The average molecular weight is 285 g/mol. The Bertz CT molecular complexity index is 320. The van der Waals surface area contributed by atoms with Gasteiger partial charge in [-0.1, -0.05) is 0 Å². The maximum Gasteiger partial charge on any atom is 0.0542 e. The monoisotopic (exact) mass is 284 g/mol. The van der Waals surface area contributed by atoms with Crippen LogP contribution in [0.15, 0.2) is 22.8 Å². The molecule has 1 aliphatic rings. The van der Waals surface area contributed by atoms with Crippen molar-refractivity contribution in [3.63, 3.8) is 0 Å². The maximum absolute atomic E-state index is 9.40. The van der Waals surface area contributed by atoms with Crippen LogP contribution in [0.5, 0.6) is 0 Å². The van der Waals surface area contributed by atoms with Gasteiger partial charge in [0.1, 0.15) is 0 Å². The second kappa shape index (κ2) is 5.75. The average Bonchev–Trinajstić information content (AvgIpc) is 2.30. The van der Waals surface area contributed by atoms with E-state index in [9.17, 15) is 5.11 Å². The highest BCUT2D eigenvalue weighted by Crippen LogP contribution is 2.18. The van der Waals surface area contributed by atoms with Crippen LogP contribution in [0, 0.1) is 0 Å². The number of aromatic nitrogens is 1. The summed E-state index contributed by atoms with van der Waals surface area (Å²) in [6.07, 6.45) is 5.72. The molecule has 2 rings (SSSR count). The van der Waals surface area contributed by atoms with Crippen molar-refractivity contribution in [2.24, 2.45) is 0 Å². The molecule has 3 nitrogen and oxygen atoms in total. The molecule has 1 heterocycles. The highest BCUT2D eigenvalue weighted by atomic mass is 79.9. The van der Waals surface area contributed by atoms with Crippen LogP contribution in [0.4, 0.5) is 0 Å². The van der Waals surface area contributed by atoms with E-state index in [2.05, 4.69) is 26.2 Å². The summed E-state index contributed by atoms with van der Waals surface area (Å²) in [4.78, 5) is 4.32. The lowest BCUT2D eigenvalue weighted by molar-refractivity contribution is 0.116. The third-order valence-electron chi connectivity index (χ3n) is 3.06. The van der Waals surface area contributed by atoms with Crippen LogP contribution in [0.2, 0.25) is 0 Å². The summed E-state index contributed by atoms with van der Waals surface area (Å²) in [5.74, 6) is 0. The summed E-state index contributed by atoms with van der Waals surface area (Å²) < 4.78 is 1.01. The molecule has 1 aromatic heterocycles. The van der Waals surface area contributed by atoms with E-state index < -0.39 is 0 Å². The van der Waals surface area contributed by atoms with E-state index in [-0.39, 0.29) is 6.10 Å². The van der Waals surface area contributed by atoms with Crippen LogP contribution >= 0.6 is 15.9 Å². The van der Waals surface area contributed by atoms with E-state index in [1.165, 1.54) is 0 Å². The Labute approximate surface area is 104 Å². The lowest BCUT2D eigenvalue weighted by atomic mass is 9.93. The van der Waals surface area contributed by atoms with Crippen molar-refractivity contribution in [2.75, 3.05) is 0 Å². The van der Waals surface area contributed by atoms with Gasteiger partial charge >= 0.3 is 0 Å². The molecule has 0 aromatic carbocycles. The Hall–Kier alpha value is -0.450. The number of nitrogens with one attached hydrogen (secondary N) is 1. The van der Waals surface area contributed by atoms with Gasteiger partial charge in [-0.15, -0.1) is 0 Å². The van der Waals surface area contributed by atoms with Gasteiger partial charge in [-0.2, -0.15) is 0 Å². The second-order valence-electron chi connectivity index (χ2n) is 4.35. The normalized spacial score (nSPS) is 25.6. The number of aliphatic hydroxyl groups is 1. The molecule has 0 amide bonds. The number of halogens is 1. The molecule has 0 bridgehead atoms. The van der Waals surface area contributed by atoms with Gasteiger partial charge in [-0.3, -0.25) is 4.98 Å². The van der Waals surface area contributed by atoms with Gasteiger partial charge in [0.15, 0.2) is 0 Å². The first-order valence-corrected chi connectivity index (χ1v) is 6.55. The molecule has 0 saturated heterocycles. The third-order valence-corrected chi connectivity index (χ3v) is 3.53. The Morgan fingerprint density at radius 3 is 2.69 bits per heavy atom. The highest BCUT2D eigenvalue weighted by molar-refractivity contribution is 9.10. The summed E-state index contributed by atoms with van der Waals surface area (Å²) in [5.41, 5.74) is 1.06. The van der Waals surface area contributed by atoms with E-state index in [0.29, 0.717) is 6.04 Å². The first-order chi connectivity index (χ1) is 7.74. The topological polar surface area (TPSA) is 45.1 Å². The number of pyridine rings is 1. The van der Waals surface area contributed by atoms with Crippen molar-refractivity contribution in [2.45, 2.75) is 44.4 Å². The highest BCUT2D eigenvalue weighted by Gasteiger charge is 2.18. The summed E-state index contributed by atoms with van der Waals surface area (Å²) in [6.45, 7) is 0.814. The Kier molecular flexibility index (Phi) is 4.32. The summed E-state index contributed by atoms with van der Waals surface area (Å²) >= 11 is 3.37. The number of hydrogen-bond acceptors (Lipinski definition) is 3. The molecule has 1 saturated carbocycles. The first-order valence-electron chi connectivity index (χ1n) is 5.76. The van der Waals surface area contributed by atoms with E-state index >= 15 is 0 Å². The predicted molar refractivity (Wildman–Crippen MR) is 67.0 cm³/mol. The molecule has 4 heteroatoms. The van der Waals surface area contributed by atoms with Gasteiger partial charge in [0.05, 0.1) is 11.8 Å². The van der Waals surface area contributed by atoms with Crippen LogP contribution in [0.1, 0.15) is 31.4 Å². The van der Waals surface area contributed by atoms with Gasteiger partial charge in [-0.05, 0) is 53.7 Å². The quantitative estimate of drug-likeness (QED) is 0.895. The van der Waals surface area contributed by atoms with Gasteiger partial charge in [-0.25, -0.2) is 0 Å². The number of nitrogens with zero attached hydrogens (tertiary/aromatic N) is 1. The fourth-order valence-electron chi connectivity index (χ4n) is 2.04. The Balaban J connectivity index is 1.77. The predicted octanol–water partition coefficient (Wildman–Crippen LogP) is 2.24. The fraction of sp³-hybridized carbons (Fsp3) is 0.583. The zero-order valence-electron chi connectivity index (χ0n) is 9.19. The fourth-order valence-corrected chi connectivity index (χ4v) is 2.27. The molecular weight excluding hydrogens is 268 g/mol. The van der Waals surface area contributed by atoms with Gasteiger partial charge in [0, 0.05) is 23.3 Å². The zero-order chi connectivity index (χ0) is 11.4. The molecule has 0 spiro atoms. The van der Waals surface area contributed by atoms with E-state index in [1.807, 2.05) is 18.3 Å². The third kappa shape index (κ3) is 3.54. The Morgan fingerprint density at radius 2 is 2.06 bits per heavy atom. The summed E-state index contributed by atoms with van der Waals surface area (Å²) in [6, 6.07) is 4.57. The van der Waals surface area contributed by atoms with E-state index in [0.717, 1.165) is 42.4 Å². The SMILES string of the molecule is OC1CCC(NCc2ccc(Br)cn2)CC1. The molecule has 0 radical (unpaired) electrons. The number of rotatable bonds is 3.